The number of anilines is 6. The fourth-order valence-electron chi connectivity index (χ4n) is 12.1. The number of aromatic amines is 4. The maximum absolute atomic E-state index is 12.0. The Labute approximate surface area is 521 Å². The molecule has 1 unspecified atom stereocenters. The van der Waals surface area contributed by atoms with Crippen LogP contribution in [0.3, 0.4) is 0 Å². The van der Waals surface area contributed by atoms with Gasteiger partial charge in [-0.05, 0) is 82.1 Å². The minimum absolute atomic E-state index is 0.0975. The number of hydrogen-bond donors (Lipinski definition) is 9. The van der Waals surface area contributed by atoms with Crippen molar-refractivity contribution in [3.8, 4) is 0 Å². The second kappa shape index (κ2) is 25.2. The van der Waals surface area contributed by atoms with Crippen molar-refractivity contribution in [1.29, 1.82) is 0 Å². The number of fused-ring (bicyclic) bond motifs is 4. The van der Waals surface area contributed by atoms with Gasteiger partial charge in [0.15, 0.2) is 11.6 Å². The number of nitrogens with two attached hydrogens (primary N) is 2. The number of imide groups is 1. The molecule has 13 rings (SSSR count). The number of sulfonamides is 2. The molecule has 0 radical (unpaired) electrons. The number of carbonyl (C=O) groups is 3. The number of aliphatic hydroxyl groups excluding tert-OH is 1. The molecule has 0 bridgehead atoms. The Morgan fingerprint density at radius 3 is 1.43 bits per heavy atom. The average Bonchev–Trinajstić information content (AvgIpc) is 2.01. The van der Waals surface area contributed by atoms with Gasteiger partial charge in [0, 0.05) is 133 Å². The predicted molar refractivity (Wildman–Crippen MR) is 341 cm³/mol. The van der Waals surface area contributed by atoms with Crippen molar-refractivity contribution in [2.75, 3.05) is 122 Å². The summed E-state index contributed by atoms with van der Waals surface area (Å²) in [5.74, 6) is 0.391. The molecule has 466 valence electrons. The van der Waals surface area contributed by atoms with Crippen LogP contribution in [0.15, 0.2) is 60.9 Å². The number of piperidine rings is 1. The second-order valence-corrected chi connectivity index (χ2v) is 27.9. The summed E-state index contributed by atoms with van der Waals surface area (Å²) in [6, 6.07) is 14.2. The molecule has 5 saturated heterocycles. The maximum Gasteiger partial charge on any atom is 0.322 e. The fourth-order valence-corrected chi connectivity index (χ4v) is 15.2. The van der Waals surface area contributed by atoms with E-state index in [9.17, 15) is 36.3 Å². The van der Waals surface area contributed by atoms with Crippen LogP contribution < -0.4 is 41.7 Å². The molecule has 33 heteroatoms. The molecule has 27 nitrogen and oxygen atoms in total. The highest BCUT2D eigenvalue weighted by molar-refractivity contribution is 7.88. The Balaban J connectivity index is 0.000000128. The van der Waals surface area contributed by atoms with Crippen LogP contribution in [0.25, 0.3) is 43.6 Å². The second-order valence-electron chi connectivity index (χ2n) is 22.2. The smallest absolute Gasteiger partial charge is 0.322 e. The molecular weight excluding hydrogens is 1250 g/mol. The number of nitrogen functional groups attached to an aromatic ring is 2. The number of urea groups is 1. The number of H-pyrrole nitrogens is 4. The van der Waals surface area contributed by atoms with E-state index in [2.05, 4.69) is 71.0 Å². The van der Waals surface area contributed by atoms with Gasteiger partial charge in [-0.1, -0.05) is 46.4 Å². The van der Waals surface area contributed by atoms with Crippen LogP contribution in [-0.4, -0.2) is 209 Å². The minimum Gasteiger partial charge on any atom is -0.384 e. The third-order valence-electron chi connectivity index (χ3n) is 16.1. The number of halogens is 4. The van der Waals surface area contributed by atoms with E-state index in [1.54, 1.807) is 33.7 Å². The monoisotopic (exact) mass is 1310 g/mol. The van der Waals surface area contributed by atoms with E-state index < -0.39 is 37.7 Å². The van der Waals surface area contributed by atoms with Crippen LogP contribution in [0.5, 0.6) is 0 Å². The first-order chi connectivity index (χ1) is 41.2. The molecular formula is C54H67Cl4N19O8S2. The van der Waals surface area contributed by atoms with Crippen molar-refractivity contribution in [1.82, 2.24) is 64.9 Å². The summed E-state index contributed by atoms with van der Waals surface area (Å²) < 4.78 is 50.1. The highest BCUT2D eigenvalue weighted by atomic mass is 35.5. The molecule has 4 amide bonds. The molecule has 4 aromatic heterocycles. The largest absolute Gasteiger partial charge is 0.384 e. The lowest BCUT2D eigenvalue weighted by Gasteiger charge is -2.44. The number of hydrogen-bond acceptors (Lipinski definition) is 18. The Morgan fingerprint density at radius 1 is 0.598 bits per heavy atom. The van der Waals surface area contributed by atoms with E-state index in [0.29, 0.717) is 123 Å². The zero-order valence-electron chi connectivity index (χ0n) is 48.1. The third-order valence-corrected chi connectivity index (χ3v) is 19.8. The molecule has 9 heterocycles. The van der Waals surface area contributed by atoms with Crippen molar-refractivity contribution in [2.45, 2.75) is 57.3 Å². The number of aliphatic hydroxyl groups is 1. The van der Waals surface area contributed by atoms with Gasteiger partial charge in [-0.15, -0.1) is 0 Å². The number of piperazine rings is 3. The van der Waals surface area contributed by atoms with Crippen LogP contribution in [-0.2, 0) is 29.6 Å². The number of amides is 4. The standard InChI is InChI=1S/C14H14ClN5O2.C14H18ClN5O2.C14H19ClN4O2S.C12H16ClN5O2S/c15-8-5-10-9(7-16-19-10)11(6-8)20-3-1-14(2-4-20)12(21)17-13(22)18-14;1-8(21)14(22)20-4-2-19(3-5-20)11-7-9(15)6-10-12(11)13(16)18-17-10;1-9-7-18(8-10(2)19(9)22(3,20)21)14-5-11(15)4-13-12(14)6-16-17-13;1-21(19,20)18-4-2-17(3-5-18)10-7-8(13)6-9-11(10)12(14)16-15-9/h5-7H,1-4H2,(H,16,19)(H2,17,18,21,22);6-8,21H,2-5H2,1H3,(H3,16,17,18);4-6,9-10H,7-8H2,1-3H3,(H,16,17);6-7H,2-5H2,1H3,(H3,14,15,16)/t;;9-,10+;. The Kier molecular flexibility index (Phi) is 18.2. The first-order valence-corrected chi connectivity index (χ1v) is 33.0. The molecule has 0 aliphatic carbocycles. The summed E-state index contributed by atoms with van der Waals surface area (Å²) in [7, 11) is -6.35. The van der Waals surface area contributed by atoms with Gasteiger partial charge in [0.25, 0.3) is 11.8 Å². The summed E-state index contributed by atoms with van der Waals surface area (Å²) in [6.07, 6.45) is 6.22. The molecule has 1 spiro atoms. The van der Waals surface area contributed by atoms with E-state index in [-0.39, 0.29) is 23.9 Å². The lowest BCUT2D eigenvalue weighted by Crippen LogP contribution is -2.58. The van der Waals surface area contributed by atoms with E-state index >= 15 is 0 Å². The summed E-state index contributed by atoms with van der Waals surface area (Å²) in [5.41, 5.74) is 18.2. The van der Waals surface area contributed by atoms with Crippen LogP contribution in [0, 0.1) is 0 Å². The highest BCUT2D eigenvalue weighted by Crippen LogP contribution is 2.38. The van der Waals surface area contributed by atoms with Gasteiger partial charge in [-0.3, -0.25) is 35.3 Å². The third kappa shape index (κ3) is 13.5. The van der Waals surface area contributed by atoms with Crippen molar-refractivity contribution in [3.63, 3.8) is 0 Å². The Morgan fingerprint density at radius 2 is 1.01 bits per heavy atom. The van der Waals surface area contributed by atoms with E-state index in [1.807, 2.05) is 50.2 Å². The number of rotatable bonds is 7. The zero-order chi connectivity index (χ0) is 62.4. The molecule has 3 atom stereocenters. The molecule has 5 fully saturated rings. The Hall–Kier alpha value is -7.09. The molecule has 5 aliphatic heterocycles. The fraction of sp³-hybridized carbons (Fsp3) is 0.426. The average molecular weight is 1320 g/mol. The lowest BCUT2D eigenvalue weighted by molar-refractivity contribution is -0.139. The van der Waals surface area contributed by atoms with Gasteiger partial charge < -0.3 is 46.4 Å². The SMILES string of the molecule is CC(O)C(=O)N1CCN(c2cc(Cl)cc3[nH]nc(N)c23)CC1.CS(=O)(=O)N1CCN(c2cc(Cl)cc3[nH]nc(N)c23)CC1.C[C@@H]1CN(c2cc(Cl)cc3[nH]ncc23)C[C@H](C)N1S(C)(=O)=O.O=C1NC(=O)C2(CCN(c3cc(Cl)cc4[nH]ncc34)CC2)N1. The van der Waals surface area contributed by atoms with E-state index in [4.69, 9.17) is 57.9 Å². The molecule has 87 heavy (non-hydrogen) atoms. The van der Waals surface area contributed by atoms with Crippen LogP contribution in [0.2, 0.25) is 20.1 Å². The van der Waals surface area contributed by atoms with Gasteiger partial charge in [0.05, 0.1) is 69.1 Å². The van der Waals surface area contributed by atoms with E-state index in [1.165, 1.54) is 23.7 Å². The summed E-state index contributed by atoms with van der Waals surface area (Å²) >= 11 is 24.7. The van der Waals surface area contributed by atoms with Gasteiger partial charge >= 0.3 is 6.03 Å². The topological polar surface area (TPSA) is 353 Å². The first kappa shape index (κ1) is 62.9. The zero-order valence-corrected chi connectivity index (χ0v) is 52.8. The molecule has 8 aromatic rings. The van der Waals surface area contributed by atoms with Crippen LogP contribution in [0.1, 0.15) is 33.6 Å². The number of carbonyl (C=O) groups excluding carboxylic acids is 3. The van der Waals surface area contributed by atoms with Crippen LogP contribution in [0.4, 0.5) is 39.2 Å². The van der Waals surface area contributed by atoms with Crippen molar-refractivity contribution >= 4 is 162 Å². The summed E-state index contributed by atoms with van der Waals surface area (Å²) in [5, 5.41) is 48.3. The normalized spacial score (nSPS) is 19.8. The summed E-state index contributed by atoms with van der Waals surface area (Å²) in [6.45, 7) is 12.4. The molecule has 0 saturated carbocycles. The van der Waals surface area contributed by atoms with Gasteiger partial charge in [-0.25, -0.2) is 21.6 Å². The lowest BCUT2D eigenvalue weighted by atomic mass is 9.87. The van der Waals surface area contributed by atoms with Crippen LogP contribution >= 0.6 is 46.4 Å². The number of nitrogens with zero attached hydrogens (tertiary/aromatic N) is 11. The van der Waals surface area contributed by atoms with Gasteiger partial charge in [0.1, 0.15) is 11.6 Å². The number of benzene rings is 4. The number of nitrogens with one attached hydrogen (secondary N) is 6. The highest BCUT2D eigenvalue weighted by Gasteiger charge is 2.48. The van der Waals surface area contributed by atoms with Gasteiger partial charge in [-0.2, -0.15) is 29.0 Å². The maximum atomic E-state index is 12.0. The Bertz CT molecular complexity index is 4110. The van der Waals surface area contributed by atoms with Crippen molar-refractivity contribution < 1.29 is 36.3 Å². The predicted octanol–water partition coefficient (Wildman–Crippen LogP) is 5.18. The van der Waals surface area contributed by atoms with E-state index in [0.717, 1.165) is 66.4 Å². The molecule has 4 aromatic carbocycles. The molecule has 11 N–H and O–H groups in total. The quantitative estimate of drug-likeness (QED) is 0.0928. The minimum atomic E-state index is -3.21. The molecule has 5 aliphatic rings. The van der Waals surface area contributed by atoms with Gasteiger partial charge in [0.2, 0.25) is 20.0 Å². The first-order valence-electron chi connectivity index (χ1n) is 27.8. The van der Waals surface area contributed by atoms with Crippen molar-refractivity contribution in [3.05, 3.63) is 81.0 Å². The van der Waals surface area contributed by atoms with Crippen molar-refractivity contribution in [2.24, 2.45) is 0 Å². The number of aromatic nitrogens is 8. The summed E-state index contributed by atoms with van der Waals surface area (Å²) in [4.78, 5) is 45.4.